The van der Waals surface area contributed by atoms with Crippen LogP contribution in [-0.2, 0) is 0 Å². The van der Waals surface area contributed by atoms with Crippen LogP contribution in [0.1, 0.15) is 11.1 Å². The van der Waals surface area contributed by atoms with Gasteiger partial charge in [-0.3, -0.25) is 5.01 Å². The summed E-state index contributed by atoms with van der Waals surface area (Å²) in [6.07, 6.45) is 0. The summed E-state index contributed by atoms with van der Waals surface area (Å²) < 4.78 is 0. The van der Waals surface area contributed by atoms with Crippen LogP contribution in [0.5, 0.6) is 0 Å². The minimum absolute atomic E-state index is 0.404. The van der Waals surface area contributed by atoms with Crippen molar-refractivity contribution in [3.8, 4) is 12.1 Å². The van der Waals surface area contributed by atoms with Gasteiger partial charge in [-0.15, -0.1) is 5.11 Å². The number of nitrogens with zero attached hydrogens (tertiary/aromatic N) is 5. The molecule has 0 atom stereocenters. The fourth-order valence-electron chi connectivity index (χ4n) is 0.939. The molecule has 0 amide bonds. The molecule has 0 aliphatic carbocycles. The molecule has 0 N–H and O–H groups in total. The van der Waals surface area contributed by atoms with E-state index >= 15 is 0 Å². The number of hydrogen-bond acceptors (Lipinski definition) is 4. The van der Waals surface area contributed by atoms with Crippen LogP contribution in [0.15, 0.2) is 28.5 Å². The largest absolute Gasteiger partial charge is 0.285 e. The monoisotopic (exact) mass is 199 g/mol. The van der Waals surface area contributed by atoms with Crippen molar-refractivity contribution in [1.29, 1.82) is 10.5 Å². The number of benzene rings is 1. The van der Waals surface area contributed by atoms with Crippen molar-refractivity contribution in [1.82, 2.24) is 5.01 Å². The molecular weight excluding hydrogens is 190 g/mol. The fraction of sp³-hybridized carbons (Fsp3) is 0.200. The highest BCUT2D eigenvalue weighted by molar-refractivity contribution is 5.51. The molecule has 0 saturated carbocycles. The van der Waals surface area contributed by atoms with Gasteiger partial charge in [-0.2, -0.15) is 10.5 Å². The molecule has 5 nitrogen and oxygen atoms in total. The molecular formula is C10H9N5. The van der Waals surface area contributed by atoms with E-state index in [2.05, 4.69) is 10.3 Å². The van der Waals surface area contributed by atoms with Crippen LogP contribution in [0, 0.1) is 22.7 Å². The van der Waals surface area contributed by atoms with Crippen LogP contribution in [0.3, 0.4) is 0 Å². The maximum atomic E-state index is 8.72. The third-order valence-corrected chi connectivity index (χ3v) is 1.52. The standard InChI is InChI=1S/C10H9N5/c1-15(2)14-13-10-4-8(6-11)3-9(5-10)7-12/h3-5H,1-2H3. The average molecular weight is 199 g/mol. The zero-order valence-corrected chi connectivity index (χ0v) is 8.47. The van der Waals surface area contributed by atoms with Crippen molar-refractivity contribution < 1.29 is 0 Å². The van der Waals surface area contributed by atoms with Gasteiger partial charge in [0.1, 0.15) is 0 Å². The van der Waals surface area contributed by atoms with Crippen molar-refractivity contribution in [3.05, 3.63) is 29.3 Å². The summed E-state index contributed by atoms with van der Waals surface area (Å²) in [5.74, 6) is 0. The molecule has 0 saturated heterocycles. The molecule has 0 aliphatic heterocycles. The summed E-state index contributed by atoms with van der Waals surface area (Å²) in [6, 6.07) is 8.59. The first kappa shape index (κ1) is 10.7. The van der Waals surface area contributed by atoms with Gasteiger partial charge >= 0.3 is 0 Å². The molecule has 0 bridgehead atoms. The molecule has 5 heteroatoms. The predicted molar refractivity (Wildman–Crippen MR) is 54.1 cm³/mol. The molecule has 0 aliphatic rings. The Hall–Kier alpha value is -2.40. The lowest BCUT2D eigenvalue weighted by molar-refractivity contribution is 0.408. The summed E-state index contributed by atoms with van der Waals surface area (Å²) in [6.45, 7) is 0. The molecule has 74 valence electrons. The minimum atomic E-state index is 0.404. The number of hydrogen-bond donors (Lipinski definition) is 0. The first-order valence-electron chi connectivity index (χ1n) is 4.20. The molecule has 0 unspecified atom stereocenters. The lowest BCUT2D eigenvalue weighted by atomic mass is 10.1. The third kappa shape index (κ3) is 3.09. The summed E-state index contributed by atoms with van der Waals surface area (Å²) in [5.41, 5.74) is 1.31. The van der Waals surface area contributed by atoms with Crippen molar-refractivity contribution in [2.24, 2.45) is 10.3 Å². The Morgan fingerprint density at radius 3 is 2.00 bits per heavy atom. The van der Waals surface area contributed by atoms with Gasteiger partial charge in [-0.25, -0.2) is 0 Å². The zero-order chi connectivity index (χ0) is 11.3. The van der Waals surface area contributed by atoms with Crippen molar-refractivity contribution in [2.45, 2.75) is 0 Å². The smallest absolute Gasteiger partial charge is 0.0992 e. The summed E-state index contributed by atoms with van der Waals surface area (Å²) in [7, 11) is 3.48. The van der Waals surface area contributed by atoms with Crippen LogP contribution < -0.4 is 0 Å². The fourth-order valence-corrected chi connectivity index (χ4v) is 0.939. The van der Waals surface area contributed by atoms with E-state index < -0.39 is 0 Å². The average Bonchev–Trinajstić information content (AvgIpc) is 2.25. The maximum Gasteiger partial charge on any atom is 0.0992 e. The maximum absolute atomic E-state index is 8.72. The molecule has 0 radical (unpaired) electrons. The Labute approximate surface area is 87.9 Å². The highest BCUT2D eigenvalue weighted by Gasteiger charge is 1.99. The van der Waals surface area contributed by atoms with Gasteiger partial charge in [0.15, 0.2) is 0 Å². The Kier molecular flexibility index (Phi) is 3.37. The van der Waals surface area contributed by atoms with Crippen molar-refractivity contribution in [2.75, 3.05) is 14.1 Å². The highest BCUT2D eigenvalue weighted by Crippen LogP contribution is 2.17. The van der Waals surface area contributed by atoms with Crippen LogP contribution >= 0.6 is 0 Å². The summed E-state index contributed by atoms with van der Waals surface area (Å²) in [5, 5.41) is 26.6. The highest BCUT2D eigenvalue weighted by atomic mass is 15.5. The van der Waals surface area contributed by atoms with Crippen molar-refractivity contribution >= 4 is 5.69 Å². The zero-order valence-electron chi connectivity index (χ0n) is 8.47. The van der Waals surface area contributed by atoms with Gasteiger partial charge in [0.25, 0.3) is 0 Å². The second kappa shape index (κ2) is 4.73. The van der Waals surface area contributed by atoms with E-state index in [1.54, 1.807) is 26.2 Å². The van der Waals surface area contributed by atoms with E-state index in [9.17, 15) is 0 Å². The predicted octanol–water partition coefficient (Wildman–Crippen LogP) is 1.99. The molecule has 0 heterocycles. The number of nitriles is 2. The molecule has 1 aromatic rings. The van der Waals surface area contributed by atoms with Crippen LogP contribution in [0.25, 0.3) is 0 Å². The van der Waals surface area contributed by atoms with E-state index in [0.29, 0.717) is 16.8 Å². The van der Waals surface area contributed by atoms with Gasteiger partial charge in [-0.1, -0.05) is 5.22 Å². The molecule has 1 aromatic carbocycles. The molecule has 0 fully saturated rings. The van der Waals surface area contributed by atoms with Crippen LogP contribution in [-0.4, -0.2) is 19.1 Å². The second-order valence-corrected chi connectivity index (χ2v) is 3.03. The van der Waals surface area contributed by atoms with Gasteiger partial charge in [0, 0.05) is 14.1 Å². The lowest BCUT2D eigenvalue weighted by Crippen LogP contribution is -1.98. The first-order chi connectivity index (χ1) is 7.15. The van der Waals surface area contributed by atoms with Gasteiger partial charge in [0.05, 0.1) is 29.0 Å². The normalized spacial score (nSPS) is 9.60. The molecule has 15 heavy (non-hydrogen) atoms. The first-order valence-corrected chi connectivity index (χ1v) is 4.20. The summed E-state index contributed by atoms with van der Waals surface area (Å²) in [4.78, 5) is 0. The van der Waals surface area contributed by atoms with E-state index in [0.717, 1.165) is 0 Å². The minimum Gasteiger partial charge on any atom is -0.285 e. The van der Waals surface area contributed by atoms with E-state index in [1.165, 1.54) is 11.1 Å². The van der Waals surface area contributed by atoms with Gasteiger partial charge in [0.2, 0.25) is 0 Å². The third-order valence-electron chi connectivity index (χ3n) is 1.52. The van der Waals surface area contributed by atoms with Crippen molar-refractivity contribution in [3.63, 3.8) is 0 Å². The van der Waals surface area contributed by atoms with Gasteiger partial charge < -0.3 is 0 Å². The van der Waals surface area contributed by atoms with E-state index in [1.807, 2.05) is 12.1 Å². The Balaban J connectivity index is 3.10. The lowest BCUT2D eigenvalue weighted by Gasteiger charge is -2.00. The topological polar surface area (TPSA) is 75.5 Å². The SMILES string of the molecule is CN(C)N=Nc1cc(C#N)cc(C#N)c1. The molecule has 0 spiro atoms. The molecule has 1 rings (SSSR count). The van der Waals surface area contributed by atoms with E-state index in [-0.39, 0.29) is 0 Å². The molecule has 0 aromatic heterocycles. The summed E-state index contributed by atoms with van der Waals surface area (Å²) >= 11 is 0. The van der Waals surface area contributed by atoms with E-state index in [4.69, 9.17) is 10.5 Å². The quantitative estimate of drug-likeness (QED) is 0.539. The van der Waals surface area contributed by atoms with Gasteiger partial charge in [-0.05, 0) is 18.2 Å². The second-order valence-electron chi connectivity index (χ2n) is 3.03. The number of rotatable bonds is 2. The van der Waals surface area contributed by atoms with Crippen LogP contribution in [0.2, 0.25) is 0 Å². The Morgan fingerprint density at radius 2 is 1.60 bits per heavy atom. The Morgan fingerprint density at radius 1 is 1.07 bits per heavy atom. The van der Waals surface area contributed by atoms with Crippen LogP contribution in [0.4, 0.5) is 5.69 Å². The Bertz CT molecular complexity index is 429.